The third-order valence-electron chi connectivity index (χ3n) is 16.3. The van der Waals surface area contributed by atoms with E-state index in [2.05, 4.69) is 78.1 Å². The molecule has 574 valence electrons. The Hall–Kier alpha value is -10.9. The maximum atomic E-state index is 14.8. The van der Waals surface area contributed by atoms with Crippen molar-refractivity contribution in [1.29, 1.82) is 0 Å². The Morgan fingerprint density at radius 1 is 0.548 bits per heavy atom. The second-order valence-electron chi connectivity index (χ2n) is 25.4. The summed E-state index contributed by atoms with van der Waals surface area (Å²) in [7, 11) is 0. The summed E-state index contributed by atoms with van der Waals surface area (Å²) in [5.41, 5.74) is 28.5. The van der Waals surface area contributed by atoms with Gasteiger partial charge in [0.05, 0.1) is 43.6 Å². The molecule has 0 spiro atoms. The molecular weight excluding hydrogens is 1370 g/mol. The summed E-state index contributed by atoms with van der Waals surface area (Å²) in [6.07, 6.45) is -2.38. The summed E-state index contributed by atoms with van der Waals surface area (Å²) in [6, 6.07) is -14.3. The van der Waals surface area contributed by atoms with Crippen molar-refractivity contribution < 1.29 is 97.8 Å². The SMILES string of the molecule is CC(C)C[C@H](NC(=O)[C@@H](NC(=O)[C@@H](NC(=O)[C@H](Cc1cnc[nH]1)NC(=O)[C@@H](N)CCC(N)=O)[C@@H](C)O)[C@@H](C)O)C(=O)N[C@H](C(=O)N[C@@H](CO)C(=O)N[C@@H](Cc1cnc[nH]1)C(=O)N1CCC[C@H]1C(=O)N[C@@H](CCCN=C(N)N)C(=O)N[C@@H](CCC(N)=O)C(=O)N[C@@H](Cc1ccc(O)cc1)C(=O)O)[C@@H](C)O. The Bertz CT molecular complexity index is 3440. The van der Waals surface area contributed by atoms with Crippen molar-refractivity contribution in [3.63, 3.8) is 0 Å². The van der Waals surface area contributed by atoms with Crippen LogP contribution in [0.1, 0.15) is 109 Å². The summed E-state index contributed by atoms with van der Waals surface area (Å²) < 4.78 is 0. The van der Waals surface area contributed by atoms with Gasteiger partial charge in [-0.2, -0.15) is 0 Å². The summed E-state index contributed by atoms with van der Waals surface area (Å²) in [5.74, 6) is -15.7. The van der Waals surface area contributed by atoms with Crippen LogP contribution in [0.25, 0.3) is 0 Å². The van der Waals surface area contributed by atoms with E-state index in [1.54, 1.807) is 13.8 Å². The van der Waals surface area contributed by atoms with Gasteiger partial charge in [-0.15, -0.1) is 0 Å². The van der Waals surface area contributed by atoms with Crippen LogP contribution < -0.4 is 81.8 Å². The summed E-state index contributed by atoms with van der Waals surface area (Å²) in [6.45, 7) is 5.24. The Morgan fingerprint density at radius 3 is 1.48 bits per heavy atom. The first kappa shape index (κ1) is 85.5. The molecule has 1 aliphatic heterocycles. The summed E-state index contributed by atoms with van der Waals surface area (Å²) in [4.78, 5) is 208. The molecule has 28 N–H and O–H groups in total. The number of nitrogens with zero attached hydrogens (tertiary/aromatic N) is 4. The standard InChI is InChI=1S/C63H97N21O20/c1-29(2)20-40(77-58(99)49(31(4)87)83-60(101)50(32(5)88)82-55(96)41(22-34-24-69-27-72-34)76-51(92)37(64)14-16-46(65)90)54(95)81-48(30(3)86)59(100)80-44(26-85)56(97)78-42(23-35-25-70-28-73-35)61(102)84-19-7-9-45(84)57(98)75-38(8-6-18-71-63(67)68)52(93)74-39(15-17-47(66)91)53(94)79-43(62(103)104)21-33-10-12-36(89)13-11-33/h10-13,24-25,27-32,37-45,48-50,85-89H,6-9,14-23,26,64H2,1-5H3,(H2,65,90)(H2,66,91)(H,69,72)(H,70,73)(H,74,93)(H,75,98)(H,76,92)(H,77,99)(H,78,97)(H,79,94)(H,80,100)(H,81,95)(H,82,96)(H,83,101)(H,103,104)(H4,67,68,71)/t30-,31-,32-,37+,38+,39+,40+,41+,42+,43+,44+,45+,48+,49+,50+/m1/s1. The van der Waals surface area contributed by atoms with Crippen molar-refractivity contribution in [3.05, 3.63) is 66.3 Å². The van der Waals surface area contributed by atoms with E-state index < -0.39 is 199 Å². The van der Waals surface area contributed by atoms with Crippen LogP contribution in [0.5, 0.6) is 5.75 Å². The van der Waals surface area contributed by atoms with Crippen molar-refractivity contribution in [1.82, 2.24) is 78.0 Å². The van der Waals surface area contributed by atoms with Crippen LogP contribution in [0, 0.1) is 5.92 Å². The van der Waals surface area contributed by atoms with Gasteiger partial charge in [0.25, 0.3) is 0 Å². The molecular formula is C63H97N21O20. The highest BCUT2D eigenvalue weighted by Gasteiger charge is 2.42. The average Bonchev–Trinajstić information content (AvgIpc) is 1.63. The number of carbonyl (C=O) groups is 14. The topological polar surface area (TPSA) is 684 Å². The number of phenols is 1. The number of amides is 13. The third kappa shape index (κ3) is 28.1. The summed E-state index contributed by atoms with van der Waals surface area (Å²) in [5, 5.41) is 86.7. The highest BCUT2D eigenvalue weighted by Crippen LogP contribution is 2.21. The molecule has 104 heavy (non-hydrogen) atoms. The van der Waals surface area contributed by atoms with Gasteiger partial charge < -0.3 is 127 Å². The number of hydrogen-bond acceptors (Lipinski definition) is 23. The zero-order valence-corrected chi connectivity index (χ0v) is 58.0. The van der Waals surface area contributed by atoms with Gasteiger partial charge in [-0.3, -0.25) is 67.3 Å². The number of aromatic amines is 2. The molecule has 13 amide bonds. The van der Waals surface area contributed by atoms with E-state index in [0.717, 1.165) is 25.7 Å². The van der Waals surface area contributed by atoms with Crippen molar-refractivity contribution in [3.8, 4) is 5.75 Å². The molecule has 1 aromatic carbocycles. The molecule has 4 rings (SSSR count). The van der Waals surface area contributed by atoms with E-state index in [4.69, 9.17) is 28.7 Å². The number of benzene rings is 1. The Kier molecular flexibility index (Phi) is 34.4. The molecule has 1 aliphatic rings. The molecule has 1 fully saturated rings. The number of likely N-dealkylation sites (tertiary alicyclic amines) is 1. The lowest BCUT2D eigenvalue weighted by molar-refractivity contribution is -0.143. The zero-order chi connectivity index (χ0) is 77.7. The van der Waals surface area contributed by atoms with Gasteiger partial charge in [-0.1, -0.05) is 26.0 Å². The van der Waals surface area contributed by atoms with Gasteiger partial charge in [0.1, 0.15) is 72.2 Å². The van der Waals surface area contributed by atoms with E-state index in [-0.39, 0.29) is 94.7 Å². The van der Waals surface area contributed by atoms with Gasteiger partial charge in [-0.25, -0.2) is 14.8 Å². The molecule has 0 radical (unpaired) electrons. The number of imidazole rings is 2. The normalized spacial score (nSPS) is 16.7. The maximum absolute atomic E-state index is 14.8. The number of hydrogen-bond donors (Lipinski definition) is 23. The highest BCUT2D eigenvalue weighted by molar-refractivity contribution is 6.00. The number of phenolic OH excluding ortho intramolecular Hbond substituents is 1. The van der Waals surface area contributed by atoms with Gasteiger partial charge in [0, 0.05) is 69.0 Å². The molecule has 0 unspecified atom stereocenters. The smallest absolute Gasteiger partial charge is 0.326 e. The Morgan fingerprint density at radius 2 is 0.990 bits per heavy atom. The van der Waals surface area contributed by atoms with Gasteiger partial charge in [0.2, 0.25) is 76.8 Å². The molecule has 0 aliphatic carbocycles. The van der Waals surface area contributed by atoms with E-state index in [9.17, 15) is 97.8 Å². The molecule has 0 saturated carbocycles. The quantitative estimate of drug-likeness (QED) is 0.0142. The minimum atomic E-state index is -1.96. The molecule has 41 nitrogen and oxygen atoms in total. The first-order valence-electron chi connectivity index (χ1n) is 33.3. The average molecular weight is 1470 g/mol. The van der Waals surface area contributed by atoms with E-state index in [1.165, 1.54) is 49.3 Å². The number of nitrogens with two attached hydrogens (primary N) is 5. The minimum Gasteiger partial charge on any atom is -0.508 e. The third-order valence-corrected chi connectivity index (χ3v) is 16.3. The predicted octanol–water partition coefficient (Wildman–Crippen LogP) is -9.12. The number of carboxylic acid groups (broad SMARTS) is 1. The van der Waals surface area contributed by atoms with Crippen molar-refractivity contribution >= 4 is 88.7 Å². The molecule has 3 aromatic rings. The second kappa shape index (κ2) is 41.9. The van der Waals surface area contributed by atoms with Crippen molar-refractivity contribution in [2.45, 2.75) is 202 Å². The largest absolute Gasteiger partial charge is 0.508 e. The first-order valence-corrected chi connectivity index (χ1v) is 33.3. The number of H-pyrrole nitrogens is 2. The number of primary amides is 2. The zero-order valence-electron chi connectivity index (χ0n) is 58.0. The first-order chi connectivity index (χ1) is 49.0. The molecule has 1 saturated heterocycles. The fraction of sp³-hybridized carbons (Fsp3) is 0.571. The monoisotopic (exact) mass is 1470 g/mol. The van der Waals surface area contributed by atoms with Crippen LogP contribution in [0.15, 0.2) is 54.3 Å². The molecule has 0 bridgehead atoms. The van der Waals surface area contributed by atoms with Crippen molar-refractivity contribution in [2.75, 3.05) is 19.7 Å². The molecule has 3 heterocycles. The number of aliphatic hydroxyl groups excluding tert-OH is 4. The number of aliphatic imine (C=N–C) groups is 1. The van der Waals surface area contributed by atoms with Gasteiger partial charge >= 0.3 is 5.97 Å². The van der Waals surface area contributed by atoms with E-state index in [1.807, 2.05) is 0 Å². The second-order valence-corrected chi connectivity index (χ2v) is 25.4. The lowest BCUT2D eigenvalue weighted by atomic mass is 10.0. The van der Waals surface area contributed by atoms with Crippen LogP contribution in [-0.4, -0.2) is 255 Å². The molecule has 41 heteroatoms. The Balaban J connectivity index is 1.52. The maximum Gasteiger partial charge on any atom is 0.326 e. The number of carboxylic acids is 1. The highest BCUT2D eigenvalue weighted by atomic mass is 16.4. The van der Waals surface area contributed by atoms with Crippen molar-refractivity contribution in [2.24, 2.45) is 39.6 Å². The Labute approximate surface area is 596 Å². The lowest BCUT2D eigenvalue weighted by Gasteiger charge is -2.31. The van der Waals surface area contributed by atoms with Crippen LogP contribution in [-0.2, 0) is 86.4 Å². The number of aromatic nitrogens is 4. The predicted molar refractivity (Wildman–Crippen MR) is 364 cm³/mol. The number of carbonyl (C=O) groups excluding carboxylic acids is 13. The number of guanidine groups is 1. The van der Waals surface area contributed by atoms with E-state index in [0.29, 0.717) is 11.3 Å². The number of rotatable bonds is 44. The molecule has 15 atom stereocenters. The number of aromatic hydroxyl groups is 1. The van der Waals surface area contributed by atoms with Crippen LogP contribution in [0.2, 0.25) is 0 Å². The number of aliphatic hydroxyl groups is 4. The lowest BCUT2D eigenvalue weighted by Crippen LogP contribution is -2.64. The fourth-order valence-electron chi connectivity index (χ4n) is 10.7. The van der Waals surface area contributed by atoms with E-state index >= 15 is 0 Å². The molecule has 2 aromatic heterocycles. The van der Waals surface area contributed by atoms with Crippen LogP contribution >= 0.6 is 0 Å². The van der Waals surface area contributed by atoms with Gasteiger partial charge in [-0.05, 0) is 89.3 Å². The van der Waals surface area contributed by atoms with Gasteiger partial charge in [0.15, 0.2) is 5.96 Å². The summed E-state index contributed by atoms with van der Waals surface area (Å²) >= 11 is 0. The fourth-order valence-corrected chi connectivity index (χ4v) is 10.7. The number of nitrogens with one attached hydrogen (secondary N) is 12. The van der Waals surface area contributed by atoms with Crippen LogP contribution in [0.3, 0.4) is 0 Å². The van der Waals surface area contributed by atoms with Crippen LogP contribution in [0.4, 0.5) is 0 Å². The number of aliphatic carboxylic acids is 1. The minimum absolute atomic E-state index is 0.00119.